The number of fused-ring (bicyclic) bond motifs is 1. The Hall–Kier alpha value is -3.55. The molecule has 0 aliphatic carbocycles. The van der Waals surface area contributed by atoms with Crippen LogP contribution in [0.2, 0.25) is 0 Å². The van der Waals surface area contributed by atoms with Crippen LogP contribution in [0.4, 0.5) is 4.39 Å². The summed E-state index contributed by atoms with van der Waals surface area (Å²) in [7, 11) is 1.81. The van der Waals surface area contributed by atoms with Crippen molar-refractivity contribution in [3.63, 3.8) is 0 Å². The highest BCUT2D eigenvalue weighted by Crippen LogP contribution is 2.28. The Bertz CT molecular complexity index is 1070. The minimum absolute atomic E-state index is 0.0404. The second-order valence-corrected chi connectivity index (χ2v) is 7.71. The van der Waals surface area contributed by atoms with Crippen LogP contribution < -0.4 is 5.32 Å². The molecule has 0 radical (unpaired) electrons. The van der Waals surface area contributed by atoms with E-state index in [1.165, 1.54) is 12.1 Å². The average molecular weight is 421 g/mol. The van der Waals surface area contributed by atoms with E-state index in [1.54, 1.807) is 27.9 Å². The molecular formula is C23H24FN5O2. The predicted octanol–water partition coefficient (Wildman–Crippen LogP) is 2.33. The number of carbonyl (C=O) groups is 2. The van der Waals surface area contributed by atoms with E-state index in [2.05, 4.69) is 15.4 Å². The third kappa shape index (κ3) is 4.96. The molecule has 0 unspecified atom stereocenters. The lowest BCUT2D eigenvalue weighted by Gasteiger charge is -2.31. The van der Waals surface area contributed by atoms with Gasteiger partial charge in [0.05, 0.1) is 23.9 Å². The molecule has 160 valence electrons. The molecule has 2 aromatic heterocycles. The lowest BCUT2D eigenvalue weighted by molar-refractivity contribution is -0.133. The van der Waals surface area contributed by atoms with Gasteiger partial charge in [-0.2, -0.15) is 5.10 Å². The maximum atomic E-state index is 13.1. The van der Waals surface area contributed by atoms with Crippen LogP contribution in [-0.4, -0.2) is 38.0 Å². The van der Waals surface area contributed by atoms with Gasteiger partial charge in [-0.25, -0.2) is 4.39 Å². The molecule has 1 N–H and O–H groups in total. The van der Waals surface area contributed by atoms with Crippen molar-refractivity contribution in [1.29, 1.82) is 0 Å². The van der Waals surface area contributed by atoms with Gasteiger partial charge >= 0.3 is 0 Å². The zero-order valence-corrected chi connectivity index (χ0v) is 17.3. The summed E-state index contributed by atoms with van der Waals surface area (Å²) in [6, 6.07) is 11.7. The first-order valence-corrected chi connectivity index (χ1v) is 10.2. The maximum Gasteiger partial charge on any atom is 0.231 e. The largest absolute Gasteiger partial charge is 0.350 e. The van der Waals surface area contributed by atoms with Crippen molar-refractivity contribution >= 4 is 11.8 Å². The number of hydrogen-bond acceptors (Lipinski definition) is 4. The molecule has 31 heavy (non-hydrogen) atoms. The normalized spacial score (nSPS) is 15.4. The molecule has 7 nitrogen and oxygen atoms in total. The van der Waals surface area contributed by atoms with Crippen LogP contribution in [0.5, 0.6) is 0 Å². The minimum atomic E-state index is -0.538. The molecule has 0 saturated heterocycles. The van der Waals surface area contributed by atoms with E-state index >= 15 is 0 Å². The molecule has 1 atom stereocenters. The number of halogens is 1. The van der Waals surface area contributed by atoms with Gasteiger partial charge in [-0.05, 0) is 36.2 Å². The summed E-state index contributed by atoms with van der Waals surface area (Å²) in [4.78, 5) is 31.8. The van der Waals surface area contributed by atoms with Gasteiger partial charge in [0.1, 0.15) is 5.82 Å². The Morgan fingerprint density at radius 1 is 1.19 bits per heavy atom. The first kappa shape index (κ1) is 20.7. The Morgan fingerprint density at radius 2 is 2.00 bits per heavy atom. The Morgan fingerprint density at radius 3 is 2.74 bits per heavy atom. The fourth-order valence-electron chi connectivity index (χ4n) is 3.81. The highest BCUT2D eigenvalue weighted by atomic mass is 19.1. The average Bonchev–Trinajstić information content (AvgIpc) is 3.17. The number of nitrogens with one attached hydrogen (secondary N) is 1. The number of rotatable bonds is 6. The van der Waals surface area contributed by atoms with Crippen LogP contribution in [0.15, 0.2) is 54.9 Å². The molecule has 2 amide bonds. The number of carbonyl (C=O) groups excluding carboxylic acids is 2. The van der Waals surface area contributed by atoms with Crippen LogP contribution in [0, 0.1) is 5.82 Å². The van der Waals surface area contributed by atoms with Crippen LogP contribution >= 0.6 is 0 Å². The van der Waals surface area contributed by atoms with Gasteiger partial charge < -0.3 is 10.2 Å². The van der Waals surface area contributed by atoms with Gasteiger partial charge in [0.25, 0.3) is 0 Å². The van der Waals surface area contributed by atoms with E-state index in [0.29, 0.717) is 31.6 Å². The Balaban J connectivity index is 1.43. The number of hydrogen-bond donors (Lipinski definition) is 1. The van der Waals surface area contributed by atoms with E-state index in [0.717, 1.165) is 16.8 Å². The van der Waals surface area contributed by atoms with Crippen molar-refractivity contribution in [3.05, 3.63) is 83.2 Å². The second kappa shape index (κ2) is 9.07. The Kier molecular flexibility index (Phi) is 6.06. The number of pyridine rings is 1. The molecule has 1 aromatic carbocycles. The molecule has 0 saturated carbocycles. The van der Waals surface area contributed by atoms with Gasteiger partial charge in [-0.15, -0.1) is 0 Å². The van der Waals surface area contributed by atoms with Gasteiger partial charge in [-0.3, -0.25) is 19.3 Å². The number of aromatic nitrogens is 3. The van der Waals surface area contributed by atoms with Crippen molar-refractivity contribution < 1.29 is 14.0 Å². The first-order chi connectivity index (χ1) is 15.0. The quantitative estimate of drug-likeness (QED) is 0.663. The molecule has 1 aliphatic rings. The van der Waals surface area contributed by atoms with Crippen molar-refractivity contribution in [3.8, 4) is 0 Å². The third-order valence-electron chi connectivity index (χ3n) is 5.41. The third-order valence-corrected chi connectivity index (χ3v) is 5.41. The van der Waals surface area contributed by atoms with E-state index in [9.17, 15) is 14.0 Å². The van der Waals surface area contributed by atoms with Crippen molar-refractivity contribution in [1.82, 2.24) is 25.0 Å². The monoisotopic (exact) mass is 421 g/mol. The second-order valence-electron chi connectivity index (χ2n) is 7.71. The predicted molar refractivity (Wildman–Crippen MR) is 112 cm³/mol. The lowest BCUT2D eigenvalue weighted by atomic mass is 9.95. The van der Waals surface area contributed by atoms with Crippen molar-refractivity contribution in [2.24, 2.45) is 7.05 Å². The zero-order chi connectivity index (χ0) is 21.8. The maximum absolute atomic E-state index is 13.1. The molecule has 0 fully saturated rings. The van der Waals surface area contributed by atoms with E-state index in [-0.39, 0.29) is 24.2 Å². The summed E-state index contributed by atoms with van der Waals surface area (Å²) >= 11 is 0. The molecule has 4 rings (SSSR count). The van der Waals surface area contributed by atoms with Gasteiger partial charge in [0.2, 0.25) is 11.8 Å². The number of aryl methyl sites for hydroxylation is 2. The topological polar surface area (TPSA) is 80.1 Å². The molecule has 0 bridgehead atoms. The van der Waals surface area contributed by atoms with Crippen LogP contribution in [0.25, 0.3) is 0 Å². The number of benzene rings is 1. The fourth-order valence-corrected chi connectivity index (χ4v) is 3.81. The zero-order valence-electron chi connectivity index (χ0n) is 17.3. The molecule has 3 aromatic rings. The summed E-state index contributed by atoms with van der Waals surface area (Å²) < 4.78 is 14.8. The van der Waals surface area contributed by atoms with Crippen LogP contribution in [-0.2, 0) is 36.1 Å². The highest BCUT2D eigenvalue weighted by molar-refractivity contribution is 5.86. The number of amides is 2. The van der Waals surface area contributed by atoms with Crippen molar-refractivity contribution in [2.75, 3.05) is 6.54 Å². The molecular weight excluding hydrogens is 397 g/mol. The number of nitrogens with zero attached hydrogens (tertiary/aromatic N) is 4. The SMILES string of the molecule is Cn1cc2c(n1)[C@@H](C(=O)NCc1ccccn1)CN(C(=O)CCc1ccc(F)cc1)C2. The molecule has 1 aliphatic heterocycles. The van der Waals surface area contributed by atoms with E-state index in [1.807, 2.05) is 31.4 Å². The molecule has 3 heterocycles. The molecule has 0 spiro atoms. The first-order valence-electron chi connectivity index (χ1n) is 10.2. The van der Waals surface area contributed by atoms with Gasteiger partial charge in [0, 0.05) is 44.5 Å². The van der Waals surface area contributed by atoms with E-state index < -0.39 is 5.92 Å². The van der Waals surface area contributed by atoms with Gasteiger partial charge in [-0.1, -0.05) is 18.2 Å². The summed E-state index contributed by atoms with van der Waals surface area (Å²) in [6.07, 6.45) is 4.35. The van der Waals surface area contributed by atoms with Crippen LogP contribution in [0.3, 0.4) is 0 Å². The van der Waals surface area contributed by atoms with Crippen LogP contribution in [0.1, 0.15) is 34.9 Å². The highest BCUT2D eigenvalue weighted by Gasteiger charge is 2.35. The van der Waals surface area contributed by atoms with Gasteiger partial charge in [0.15, 0.2) is 0 Å². The smallest absolute Gasteiger partial charge is 0.231 e. The fraction of sp³-hybridized carbons (Fsp3) is 0.304. The summed E-state index contributed by atoms with van der Waals surface area (Å²) in [5.74, 6) is -1.05. The summed E-state index contributed by atoms with van der Waals surface area (Å²) in [5, 5.41) is 7.39. The summed E-state index contributed by atoms with van der Waals surface area (Å²) in [6.45, 7) is 1.02. The minimum Gasteiger partial charge on any atom is -0.350 e. The standard InChI is InChI=1S/C23H24FN5O2/c1-28-13-17-14-29(21(30)10-7-16-5-8-18(24)9-6-16)15-20(22(17)27-28)23(31)26-12-19-4-2-3-11-25-19/h2-6,8-9,11,13,20H,7,10,12,14-15H2,1H3,(H,26,31)/t20-/m0/s1. The van der Waals surface area contributed by atoms with Crippen molar-refractivity contribution in [2.45, 2.75) is 31.8 Å². The lowest BCUT2D eigenvalue weighted by Crippen LogP contribution is -2.43. The van der Waals surface area contributed by atoms with E-state index in [4.69, 9.17) is 0 Å². The molecule has 8 heteroatoms. The summed E-state index contributed by atoms with van der Waals surface area (Å²) in [5.41, 5.74) is 3.25. The Labute approximate surface area is 179 Å².